The summed E-state index contributed by atoms with van der Waals surface area (Å²) >= 11 is 11.7. The van der Waals surface area contributed by atoms with Crippen LogP contribution in [0.15, 0.2) is 0 Å². The molecule has 0 heterocycles. The Morgan fingerprint density at radius 3 is 1.77 bits per heavy atom. The Hall–Kier alpha value is 0.580. The van der Waals surface area contributed by atoms with Crippen LogP contribution in [0.3, 0.4) is 0 Å². The predicted molar refractivity (Wildman–Crippen MR) is 63.0 cm³/mol. The lowest BCUT2D eigenvalue weighted by Gasteiger charge is -2.14. The van der Waals surface area contributed by atoms with Crippen molar-refractivity contribution in [3.05, 3.63) is 0 Å². The molecule has 0 fully saturated rings. The van der Waals surface area contributed by atoms with Gasteiger partial charge in [0.1, 0.15) is 0 Å². The van der Waals surface area contributed by atoms with E-state index in [-0.39, 0.29) is 4.87 Å². The van der Waals surface area contributed by atoms with Gasteiger partial charge in [0.05, 0.1) is 0 Å². The molecular formula is C11H22Cl2. The molecule has 2 heteroatoms. The third kappa shape index (κ3) is 12.6. The maximum Gasteiger partial charge on any atom is 0.0390 e. The van der Waals surface area contributed by atoms with Crippen LogP contribution in [-0.2, 0) is 0 Å². The monoisotopic (exact) mass is 224 g/mol. The molecule has 0 aromatic rings. The summed E-state index contributed by atoms with van der Waals surface area (Å²) in [7, 11) is 0. The number of halogens is 2. The average molecular weight is 225 g/mol. The fraction of sp³-hybridized carbons (Fsp3) is 1.00. The second-order valence-electron chi connectivity index (χ2n) is 4.28. The van der Waals surface area contributed by atoms with E-state index in [0.717, 1.165) is 12.3 Å². The van der Waals surface area contributed by atoms with E-state index in [0.29, 0.717) is 0 Å². The van der Waals surface area contributed by atoms with Gasteiger partial charge in [-0.3, -0.25) is 0 Å². The summed E-state index contributed by atoms with van der Waals surface area (Å²) < 4.78 is 0. The standard InChI is InChI=1S/C11H22Cl2/c1-11(2,13)9-7-5-3-4-6-8-10-12/h3-10H2,1-2H3. The van der Waals surface area contributed by atoms with Crippen LogP contribution in [-0.4, -0.2) is 10.8 Å². The molecule has 0 spiro atoms. The molecule has 0 aromatic heterocycles. The molecule has 0 rings (SSSR count). The first-order valence-corrected chi connectivity index (χ1v) is 6.22. The van der Waals surface area contributed by atoms with Crippen molar-refractivity contribution in [2.45, 2.75) is 63.7 Å². The Kier molecular flexibility index (Phi) is 8.29. The van der Waals surface area contributed by atoms with Crippen LogP contribution in [0.2, 0.25) is 0 Å². The topological polar surface area (TPSA) is 0 Å². The number of unbranched alkanes of at least 4 members (excludes halogenated alkanes) is 5. The van der Waals surface area contributed by atoms with Crippen molar-refractivity contribution < 1.29 is 0 Å². The van der Waals surface area contributed by atoms with Gasteiger partial charge in [0, 0.05) is 10.8 Å². The molecule has 0 aromatic carbocycles. The van der Waals surface area contributed by atoms with Crippen LogP contribution < -0.4 is 0 Å². The first kappa shape index (κ1) is 13.6. The number of hydrogen-bond donors (Lipinski definition) is 0. The highest BCUT2D eigenvalue weighted by atomic mass is 35.5. The maximum absolute atomic E-state index is 6.08. The van der Waals surface area contributed by atoms with Crippen molar-refractivity contribution in [3.8, 4) is 0 Å². The van der Waals surface area contributed by atoms with Gasteiger partial charge in [0.2, 0.25) is 0 Å². The van der Waals surface area contributed by atoms with Crippen LogP contribution >= 0.6 is 23.2 Å². The van der Waals surface area contributed by atoms with Crippen LogP contribution in [0, 0.1) is 0 Å². The summed E-state index contributed by atoms with van der Waals surface area (Å²) in [4.78, 5) is -0.00383. The predicted octanol–water partition coefficient (Wildman–Crippen LogP) is 4.97. The fourth-order valence-corrected chi connectivity index (χ4v) is 1.67. The van der Waals surface area contributed by atoms with Gasteiger partial charge in [-0.05, 0) is 26.7 Å². The second-order valence-corrected chi connectivity index (χ2v) is 5.68. The lowest BCUT2D eigenvalue weighted by molar-refractivity contribution is 0.537. The summed E-state index contributed by atoms with van der Waals surface area (Å²) in [5.74, 6) is 0.814. The van der Waals surface area contributed by atoms with Gasteiger partial charge in [0.25, 0.3) is 0 Å². The van der Waals surface area contributed by atoms with Gasteiger partial charge in [-0.25, -0.2) is 0 Å². The van der Waals surface area contributed by atoms with Gasteiger partial charge in [-0.2, -0.15) is 0 Å². The summed E-state index contributed by atoms with van der Waals surface area (Å²) in [5.41, 5.74) is 0. The van der Waals surface area contributed by atoms with E-state index < -0.39 is 0 Å². The van der Waals surface area contributed by atoms with E-state index in [4.69, 9.17) is 23.2 Å². The molecular weight excluding hydrogens is 203 g/mol. The molecule has 0 saturated heterocycles. The third-order valence-corrected chi connectivity index (χ3v) is 2.61. The van der Waals surface area contributed by atoms with E-state index in [1.54, 1.807) is 0 Å². The van der Waals surface area contributed by atoms with Crippen LogP contribution in [0.25, 0.3) is 0 Å². The van der Waals surface area contributed by atoms with Crippen LogP contribution in [0.1, 0.15) is 58.8 Å². The van der Waals surface area contributed by atoms with Gasteiger partial charge >= 0.3 is 0 Å². The Morgan fingerprint density at radius 1 is 0.846 bits per heavy atom. The summed E-state index contributed by atoms with van der Waals surface area (Å²) in [6.07, 6.45) is 8.83. The molecule has 80 valence electrons. The quantitative estimate of drug-likeness (QED) is 0.404. The van der Waals surface area contributed by atoms with E-state index >= 15 is 0 Å². The first-order chi connectivity index (χ1) is 6.06. The zero-order valence-corrected chi connectivity index (χ0v) is 10.4. The minimum atomic E-state index is -0.00383. The normalized spacial score (nSPS) is 12.0. The zero-order valence-electron chi connectivity index (χ0n) is 8.91. The van der Waals surface area contributed by atoms with Gasteiger partial charge in [-0.15, -0.1) is 23.2 Å². The van der Waals surface area contributed by atoms with Crippen molar-refractivity contribution in [1.82, 2.24) is 0 Å². The molecule has 0 unspecified atom stereocenters. The molecule has 0 saturated carbocycles. The van der Waals surface area contributed by atoms with E-state index in [9.17, 15) is 0 Å². The van der Waals surface area contributed by atoms with Crippen molar-refractivity contribution in [1.29, 1.82) is 0 Å². The average Bonchev–Trinajstić information content (AvgIpc) is 2.01. The van der Waals surface area contributed by atoms with E-state index in [1.165, 1.54) is 38.5 Å². The highest BCUT2D eigenvalue weighted by molar-refractivity contribution is 6.23. The van der Waals surface area contributed by atoms with Gasteiger partial charge in [-0.1, -0.05) is 32.1 Å². The molecule has 0 radical (unpaired) electrons. The molecule has 0 aliphatic rings. The molecule has 0 aliphatic heterocycles. The largest absolute Gasteiger partial charge is 0.127 e. The molecule has 0 amide bonds. The van der Waals surface area contributed by atoms with Crippen molar-refractivity contribution in [3.63, 3.8) is 0 Å². The SMILES string of the molecule is CC(C)(Cl)CCCCCCCCCl. The van der Waals surface area contributed by atoms with Crippen molar-refractivity contribution >= 4 is 23.2 Å². The molecule has 0 nitrogen and oxygen atoms in total. The highest BCUT2D eigenvalue weighted by Gasteiger charge is 2.11. The first-order valence-electron chi connectivity index (χ1n) is 5.31. The zero-order chi connectivity index (χ0) is 10.2. The lowest BCUT2D eigenvalue weighted by atomic mass is 10.0. The number of alkyl halides is 2. The molecule has 0 atom stereocenters. The number of rotatable bonds is 8. The van der Waals surface area contributed by atoms with Crippen molar-refractivity contribution in [2.75, 3.05) is 5.88 Å². The highest BCUT2D eigenvalue weighted by Crippen LogP contribution is 2.21. The smallest absolute Gasteiger partial charge is 0.0390 e. The molecule has 0 aliphatic carbocycles. The van der Waals surface area contributed by atoms with E-state index in [1.807, 2.05) is 0 Å². The summed E-state index contributed by atoms with van der Waals surface area (Å²) in [6, 6.07) is 0. The molecule has 0 bridgehead atoms. The van der Waals surface area contributed by atoms with Gasteiger partial charge in [0.15, 0.2) is 0 Å². The Balaban J connectivity index is 3.00. The minimum Gasteiger partial charge on any atom is -0.127 e. The van der Waals surface area contributed by atoms with Gasteiger partial charge < -0.3 is 0 Å². The Labute approximate surface area is 93.0 Å². The summed E-state index contributed by atoms with van der Waals surface area (Å²) in [6.45, 7) is 4.17. The fourth-order valence-electron chi connectivity index (χ4n) is 1.35. The Bertz CT molecular complexity index is 105. The van der Waals surface area contributed by atoms with Crippen molar-refractivity contribution in [2.24, 2.45) is 0 Å². The minimum absolute atomic E-state index is 0.00383. The Morgan fingerprint density at radius 2 is 1.31 bits per heavy atom. The molecule has 0 N–H and O–H groups in total. The van der Waals surface area contributed by atoms with E-state index in [2.05, 4.69) is 13.8 Å². The molecule has 13 heavy (non-hydrogen) atoms. The lowest BCUT2D eigenvalue weighted by Crippen LogP contribution is -2.08. The summed E-state index contributed by atoms with van der Waals surface area (Å²) in [5, 5.41) is 0. The van der Waals surface area contributed by atoms with Crippen LogP contribution in [0.4, 0.5) is 0 Å². The second kappa shape index (κ2) is 7.94. The third-order valence-electron chi connectivity index (χ3n) is 2.15. The van der Waals surface area contributed by atoms with Crippen LogP contribution in [0.5, 0.6) is 0 Å². The number of hydrogen-bond acceptors (Lipinski definition) is 0. The maximum atomic E-state index is 6.08.